The van der Waals surface area contributed by atoms with Gasteiger partial charge in [0.05, 0.1) is 29.0 Å². The molecule has 0 saturated carbocycles. The first-order valence-electron chi connectivity index (χ1n) is 10.4. The first kappa shape index (κ1) is 23.0. The van der Waals surface area contributed by atoms with Gasteiger partial charge in [-0.3, -0.25) is 36.2 Å². The highest BCUT2D eigenvalue weighted by molar-refractivity contribution is 5.97. The highest BCUT2D eigenvalue weighted by Crippen LogP contribution is 2.32. The Bertz CT molecular complexity index is 1280. The van der Waals surface area contributed by atoms with Gasteiger partial charge in [0.15, 0.2) is 0 Å². The van der Waals surface area contributed by atoms with E-state index in [-0.39, 0.29) is 17.2 Å². The van der Waals surface area contributed by atoms with Crippen molar-refractivity contribution in [2.75, 3.05) is 23.0 Å². The predicted octanol–water partition coefficient (Wildman–Crippen LogP) is 4.32. The van der Waals surface area contributed by atoms with E-state index < -0.39 is 16.5 Å². The molecule has 11 nitrogen and oxygen atoms in total. The van der Waals surface area contributed by atoms with Gasteiger partial charge in [-0.15, -0.1) is 0 Å². The maximum atomic E-state index is 12.6. The van der Waals surface area contributed by atoms with Crippen LogP contribution in [0.5, 0.6) is 5.75 Å². The molecule has 0 spiro atoms. The summed E-state index contributed by atoms with van der Waals surface area (Å²) in [4.78, 5) is 32.0. The van der Waals surface area contributed by atoms with E-state index in [2.05, 4.69) is 26.2 Å². The first-order valence-corrected chi connectivity index (χ1v) is 10.4. The van der Waals surface area contributed by atoms with Crippen LogP contribution >= 0.6 is 0 Å². The minimum absolute atomic E-state index is 0.0771. The van der Waals surface area contributed by atoms with Crippen LogP contribution in [0.4, 0.5) is 28.7 Å². The third-order valence-corrected chi connectivity index (χ3v) is 4.90. The average Bonchev–Trinajstić information content (AvgIpc) is 2.91. The van der Waals surface area contributed by atoms with E-state index in [4.69, 9.17) is 4.74 Å². The summed E-state index contributed by atoms with van der Waals surface area (Å²) in [5, 5.41) is 13.7. The molecule has 0 atom stereocenters. The molecule has 0 aliphatic heterocycles. The Balaban J connectivity index is 1.64. The molecule has 0 saturated heterocycles. The topological polar surface area (TPSA) is 135 Å². The molecule has 0 unspecified atom stereocenters. The van der Waals surface area contributed by atoms with E-state index in [1.807, 2.05) is 60.7 Å². The van der Waals surface area contributed by atoms with E-state index in [1.54, 1.807) is 29.3 Å². The van der Waals surface area contributed by atoms with E-state index in [1.165, 1.54) is 7.11 Å². The molecular formula is C24H21N7O4. The summed E-state index contributed by atoms with van der Waals surface area (Å²) in [5.41, 5.74) is 9.21. The van der Waals surface area contributed by atoms with E-state index >= 15 is 0 Å². The largest absolute Gasteiger partial charge is 0.496 e. The summed E-state index contributed by atoms with van der Waals surface area (Å²) in [5.74, 6) is -0.476. The number of nitro groups is 1. The number of aromatic nitrogens is 2. The van der Waals surface area contributed by atoms with Crippen LogP contribution in [0, 0.1) is 10.1 Å². The molecule has 1 heterocycles. The van der Waals surface area contributed by atoms with Gasteiger partial charge in [-0.25, -0.2) is 9.97 Å². The lowest BCUT2D eigenvalue weighted by Crippen LogP contribution is -2.31. The normalized spacial score (nSPS) is 10.2. The third-order valence-electron chi connectivity index (χ3n) is 4.90. The number of hydrogen-bond donors (Lipinski definition) is 3. The number of methoxy groups -OCH3 is 1. The number of para-hydroxylation sites is 3. The molecule has 0 aliphatic rings. The second-order valence-corrected chi connectivity index (χ2v) is 7.07. The fraction of sp³-hybridized carbons (Fsp3) is 0.0417. The molecule has 3 N–H and O–H groups in total. The molecule has 0 radical (unpaired) electrons. The van der Waals surface area contributed by atoms with Crippen molar-refractivity contribution in [1.29, 1.82) is 0 Å². The van der Waals surface area contributed by atoms with Gasteiger partial charge < -0.3 is 4.74 Å². The zero-order valence-corrected chi connectivity index (χ0v) is 18.6. The minimum Gasteiger partial charge on any atom is -0.496 e. The van der Waals surface area contributed by atoms with Crippen LogP contribution in [0.15, 0.2) is 91.3 Å². The Morgan fingerprint density at radius 3 is 2.06 bits per heavy atom. The second kappa shape index (κ2) is 10.6. The maximum Gasteiger partial charge on any atom is 0.356 e. The summed E-state index contributed by atoms with van der Waals surface area (Å²) in [6.07, 6.45) is 1.15. The number of carbonyl (C=O) groups excluding carboxylic acids is 1. The van der Waals surface area contributed by atoms with Gasteiger partial charge in [-0.05, 0) is 36.4 Å². The standard InChI is InChI=1S/C24H21N7O4/c1-35-20-15-9-8-14-19(20)24(32)28-27-22-21(31(33)34)23(26-16-25-22)29-30(17-10-4-2-5-11-17)18-12-6-3-7-13-18/h2-16H,1H3,(H,28,32)(H2,25,26,27,29). The van der Waals surface area contributed by atoms with Gasteiger partial charge in [-0.2, -0.15) is 0 Å². The Hall–Kier alpha value is -5.19. The van der Waals surface area contributed by atoms with Crippen LogP contribution < -0.4 is 26.0 Å². The van der Waals surface area contributed by atoms with Crippen LogP contribution in [0.3, 0.4) is 0 Å². The highest BCUT2D eigenvalue weighted by atomic mass is 16.6. The molecule has 0 bridgehead atoms. The molecule has 11 heteroatoms. The average molecular weight is 471 g/mol. The molecule has 3 aromatic carbocycles. The Kier molecular flexibility index (Phi) is 6.97. The van der Waals surface area contributed by atoms with Crippen molar-refractivity contribution in [3.05, 3.63) is 107 Å². The molecule has 0 aliphatic carbocycles. The van der Waals surface area contributed by atoms with Crippen LogP contribution in [0.2, 0.25) is 0 Å². The number of nitrogens with one attached hydrogen (secondary N) is 3. The van der Waals surface area contributed by atoms with Crippen molar-refractivity contribution in [2.24, 2.45) is 0 Å². The molecule has 0 fully saturated rings. The monoisotopic (exact) mass is 471 g/mol. The zero-order valence-electron chi connectivity index (χ0n) is 18.6. The number of hydrogen-bond acceptors (Lipinski definition) is 9. The number of benzene rings is 3. The number of rotatable bonds is 9. The Morgan fingerprint density at radius 1 is 0.886 bits per heavy atom. The maximum absolute atomic E-state index is 12.6. The van der Waals surface area contributed by atoms with E-state index in [0.717, 1.165) is 17.7 Å². The first-order chi connectivity index (χ1) is 17.1. The van der Waals surface area contributed by atoms with Crippen molar-refractivity contribution in [3.63, 3.8) is 0 Å². The summed E-state index contributed by atoms with van der Waals surface area (Å²) in [6, 6.07) is 25.1. The molecular weight excluding hydrogens is 450 g/mol. The predicted molar refractivity (Wildman–Crippen MR) is 131 cm³/mol. The van der Waals surface area contributed by atoms with Crippen molar-refractivity contribution in [3.8, 4) is 5.75 Å². The fourth-order valence-corrected chi connectivity index (χ4v) is 3.28. The van der Waals surface area contributed by atoms with E-state index in [0.29, 0.717) is 5.75 Å². The Morgan fingerprint density at radius 2 is 1.46 bits per heavy atom. The second-order valence-electron chi connectivity index (χ2n) is 7.07. The van der Waals surface area contributed by atoms with Gasteiger partial charge >= 0.3 is 5.69 Å². The van der Waals surface area contributed by atoms with Crippen molar-refractivity contribution < 1.29 is 14.5 Å². The molecule has 4 rings (SSSR count). The van der Waals surface area contributed by atoms with Crippen LogP contribution in [-0.2, 0) is 0 Å². The van der Waals surface area contributed by atoms with Crippen LogP contribution in [-0.4, -0.2) is 27.9 Å². The number of amides is 1. The van der Waals surface area contributed by atoms with E-state index in [9.17, 15) is 14.9 Å². The molecule has 176 valence electrons. The number of ether oxygens (including phenoxy) is 1. The number of anilines is 4. The molecule has 4 aromatic rings. The third kappa shape index (κ3) is 5.25. The van der Waals surface area contributed by atoms with Crippen molar-refractivity contribution in [2.45, 2.75) is 0 Å². The molecule has 1 aromatic heterocycles. The Labute approximate surface area is 200 Å². The molecule has 1 amide bonds. The summed E-state index contributed by atoms with van der Waals surface area (Å²) in [6.45, 7) is 0. The van der Waals surface area contributed by atoms with Gasteiger partial charge in [0.2, 0.25) is 11.6 Å². The zero-order chi connectivity index (χ0) is 24.6. The number of hydrazine groups is 2. The van der Waals surface area contributed by atoms with Gasteiger partial charge in [0.25, 0.3) is 5.91 Å². The van der Waals surface area contributed by atoms with Gasteiger partial charge in [0, 0.05) is 0 Å². The lowest BCUT2D eigenvalue weighted by Gasteiger charge is -2.26. The summed E-state index contributed by atoms with van der Waals surface area (Å²) >= 11 is 0. The smallest absolute Gasteiger partial charge is 0.356 e. The van der Waals surface area contributed by atoms with Gasteiger partial charge in [0.1, 0.15) is 12.1 Å². The summed E-state index contributed by atoms with van der Waals surface area (Å²) in [7, 11) is 1.44. The number of nitrogens with zero attached hydrogens (tertiary/aromatic N) is 4. The highest BCUT2D eigenvalue weighted by Gasteiger charge is 2.26. The van der Waals surface area contributed by atoms with Crippen LogP contribution in [0.25, 0.3) is 0 Å². The quantitative estimate of drug-likeness (QED) is 0.241. The van der Waals surface area contributed by atoms with Crippen LogP contribution in [0.1, 0.15) is 10.4 Å². The van der Waals surface area contributed by atoms with Crippen molar-refractivity contribution >= 4 is 34.6 Å². The lowest BCUT2D eigenvalue weighted by molar-refractivity contribution is -0.383. The number of carbonyl (C=O) groups is 1. The fourth-order valence-electron chi connectivity index (χ4n) is 3.28. The summed E-state index contributed by atoms with van der Waals surface area (Å²) < 4.78 is 5.19. The molecule has 35 heavy (non-hydrogen) atoms. The van der Waals surface area contributed by atoms with Crippen molar-refractivity contribution in [1.82, 2.24) is 15.4 Å². The SMILES string of the molecule is COc1ccccc1C(=O)NNc1ncnc(NN(c2ccccc2)c2ccccc2)c1[N+](=O)[O-]. The van der Waals surface area contributed by atoms with Gasteiger partial charge in [-0.1, -0.05) is 48.5 Å². The minimum atomic E-state index is -0.631. The lowest BCUT2D eigenvalue weighted by atomic mass is 10.2.